The van der Waals surface area contributed by atoms with Crippen LogP contribution in [0.5, 0.6) is 0 Å². The number of hydrogen-bond donors (Lipinski definition) is 2. The van der Waals surface area contributed by atoms with Crippen molar-refractivity contribution in [2.24, 2.45) is 10.7 Å². The molecule has 3 N–H and O–H groups in total. The van der Waals surface area contributed by atoms with Crippen LogP contribution in [0.3, 0.4) is 0 Å². The Morgan fingerprint density at radius 1 is 1.39 bits per heavy atom. The van der Waals surface area contributed by atoms with Crippen molar-refractivity contribution >= 4 is 53.1 Å². The maximum atomic E-state index is 6.21. The summed E-state index contributed by atoms with van der Waals surface area (Å²) in [6.07, 6.45) is 2.59. The number of hydrogen-bond acceptors (Lipinski definition) is 2. The molecule has 0 aliphatic heterocycles. The number of nitrogens with zero attached hydrogens (tertiary/aromatic N) is 2. The molecule has 130 valence electrons. The minimum absolute atomic E-state index is 0. The normalized spacial score (nSPS) is 17.6. The molecule has 1 aliphatic carbocycles. The highest BCUT2D eigenvalue weighted by atomic mass is 127. The molecule has 1 fully saturated rings. The van der Waals surface area contributed by atoms with Gasteiger partial charge in [0.2, 0.25) is 0 Å². The van der Waals surface area contributed by atoms with E-state index in [4.69, 9.17) is 28.9 Å². The molecule has 2 rings (SSSR count). The molecule has 0 amide bonds. The molecule has 0 bridgehead atoms. The van der Waals surface area contributed by atoms with Gasteiger partial charge in [0.25, 0.3) is 0 Å². The first-order valence-corrected chi connectivity index (χ1v) is 8.37. The van der Waals surface area contributed by atoms with Crippen LogP contribution in [-0.4, -0.2) is 36.5 Å². The van der Waals surface area contributed by atoms with Crippen LogP contribution in [0.4, 0.5) is 0 Å². The quantitative estimate of drug-likeness (QED) is 0.374. The first-order valence-electron chi connectivity index (χ1n) is 7.61. The predicted octanol–water partition coefficient (Wildman–Crippen LogP) is 4.06. The van der Waals surface area contributed by atoms with E-state index in [1.165, 1.54) is 12.8 Å². The Morgan fingerprint density at radius 2 is 2.04 bits per heavy atom. The lowest BCUT2D eigenvalue weighted by molar-refractivity contribution is 0.253. The summed E-state index contributed by atoms with van der Waals surface area (Å²) in [5, 5.41) is 4.43. The number of halogens is 3. The smallest absolute Gasteiger partial charge is 0.189 e. The second-order valence-electron chi connectivity index (χ2n) is 6.00. The van der Waals surface area contributed by atoms with E-state index in [9.17, 15) is 0 Å². The highest BCUT2D eigenvalue weighted by Gasteiger charge is 2.28. The van der Waals surface area contributed by atoms with Crippen molar-refractivity contribution < 1.29 is 0 Å². The number of aliphatic imine (C=N–C) groups is 1. The first kappa shape index (κ1) is 20.8. The van der Waals surface area contributed by atoms with Crippen molar-refractivity contribution in [3.05, 3.63) is 33.8 Å². The Kier molecular flexibility index (Phi) is 8.41. The molecule has 0 heterocycles. The highest BCUT2D eigenvalue weighted by molar-refractivity contribution is 14.0. The number of benzene rings is 1. The zero-order valence-corrected chi connectivity index (χ0v) is 17.6. The summed E-state index contributed by atoms with van der Waals surface area (Å²) < 4.78 is 0. The van der Waals surface area contributed by atoms with Gasteiger partial charge in [0.15, 0.2) is 5.96 Å². The fourth-order valence-corrected chi connectivity index (χ4v) is 2.97. The Balaban J connectivity index is 0.00000264. The maximum absolute atomic E-state index is 6.21. The molecule has 7 heteroatoms. The summed E-state index contributed by atoms with van der Waals surface area (Å²) in [6, 6.07) is 6.55. The maximum Gasteiger partial charge on any atom is 0.189 e. The van der Waals surface area contributed by atoms with E-state index in [1.807, 2.05) is 19.1 Å². The minimum atomic E-state index is -0.0232. The highest BCUT2D eigenvalue weighted by Crippen LogP contribution is 2.27. The van der Waals surface area contributed by atoms with Crippen LogP contribution in [0.2, 0.25) is 10.0 Å². The molecule has 2 atom stereocenters. The van der Waals surface area contributed by atoms with Gasteiger partial charge < -0.3 is 11.1 Å². The molecule has 23 heavy (non-hydrogen) atoms. The van der Waals surface area contributed by atoms with Crippen molar-refractivity contribution in [2.45, 2.75) is 44.8 Å². The standard InChI is InChI=1S/C16H24Cl2N4.HI/c1-10(22(3)13-5-6-13)9-20-16(19)21-11(2)14-7-4-12(17)8-15(14)18;/h4,7-8,10-11,13H,5-6,9H2,1-3H3,(H3,19,20,21);1H. The van der Waals surface area contributed by atoms with Gasteiger partial charge in [0.1, 0.15) is 0 Å². The van der Waals surface area contributed by atoms with Gasteiger partial charge in [0.05, 0.1) is 12.6 Å². The van der Waals surface area contributed by atoms with Crippen LogP contribution < -0.4 is 11.1 Å². The van der Waals surface area contributed by atoms with Gasteiger partial charge >= 0.3 is 0 Å². The number of likely N-dealkylation sites (N-methyl/N-ethyl adjacent to an activating group) is 1. The van der Waals surface area contributed by atoms with Crippen molar-refractivity contribution in [1.29, 1.82) is 0 Å². The van der Waals surface area contributed by atoms with Crippen LogP contribution in [-0.2, 0) is 0 Å². The summed E-state index contributed by atoms with van der Waals surface area (Å²) >= 11 is 12.1. The third-order valence-electron chi connectivity index (χ3n) is 4.14. The van der Waals surface area contributed by atoms with Crippen molar-refractivity contribution in [3.63, 3.8) is 0 Å². The zero-order valence-electron chi connectivity index (χ0n) is 13.7. The molecule has 1 aliphatic rings. The fraction of sp³-hybridized carbons (Fsp3) is 0.562. The number of nitrogens with two attached hydrogens (primary N) is 1. The lowest BCUT2D eigenvalue weighted by atomic mass is 10.1. The van der Waals surface area contributed by atoms with E-state index in [1.54, 1.807) is 6.07 Å². The minimum Gasteiger partial charge on any atom is -0.370 e. The summed E-state index contributed by atoms with van der Waals surface area (Å²) in [4.78, 5) is 6.81. The predicted molar refractivity (Wildman–Crippen MR) is 110 cm³/mol. The van der Waals surface area contributed by atoms with E-state index in [0.29, 0.717) is 28.6 Å². The average molecular weight is 471 g/mol. The first-order chi connectivity index (χ1) is 10.4. The van der Waals surface area contributed by atoms with Gasteiger partial charge in [0, 0.05) is 22.1 Å². The molecule has 1 aromatic rings. The SMILES string of the molecule is CC(NC(N)=NCC(C)N(C)C1CC1)c1ccc(Cl)cc1Cl.I. The van der Waals surface area contributed by atoms with Gasteiger partial charge in [-0.2, -0.15) is 0 Å². The number of rotatable bonds is 6. The second-order valence-corrected chi connectivity index (χ2v) is 6.85. The molecule has 4 nitrogen and oxygen atoms in total. The third-order valence-corrected chi connectivity index (χ3v) is 4.70. The van der Waals surface area contributed by atoms with E-state index < -0.39 is 0 Å². The van der Waals surface area contributed by atoms with Crippen LogP contribution in [0, 0.1) is 0 Å². The van der Waals surface area contributed by atoms with Crippen LogP contribution in [0.25, 0.3) is 0 Å². The summed E-state index contributed by atoms with van der Waals surface area (Å²) in [7, 11) is 2.15. The topological polar surface area (TPSA) is 53.6 Å². The molecule has 1 aromatic carbocycles. The van der Waals surface area contributed by atoms with Gasteiger partial charge in [-0.3, -0.25) is 9.89 Å². The average Bonchev–Trinajstić information content (AvgIpc) is 3.28. The fourth-order valence-electron chi connectivity index (χ4n) is 2.40. The van der Waals surface area contributed by atoms with Crippen LogP contribution in [0.15, 0.2) is 23.2 Å². The Hall–Kier alpha value is -0.240. The number of nitrogens with one attached hydrogen (secondary N) is 1. The lowest BCUT2D eigenvalue weighted by Crippen LogP contribution is -2.37. The van der Waals surface area contributed by atoms with E-state index in [-0.39, 0.29) is 30.0 Å². The van der Waals surface area contributed by atoms with Gasteiger partial charge in [-0.05, 0) is 51.4 Å². The molecular formula is C16H25Cl2IN4. The molecule has 0 saturated heterocycles. The molecular weight excluding hydrogens is 446 g/mol. The molecule has 0 spiro atoms. The second kappa shape index (κ2) is 9.30. The van der Waals surface area contributed by atoms with E-state index in [2.05, 4.69) is 29.2 Å². The molecule has 0 radical (unpaired) electrons. The lowest BCUT2D eigenvalue weighted by Gasteiger charge is -2.23. The van der Waals surface area contributed by atoms with E-state index >= 15 is 0 Å². The zero-order chi connectivity index (χ0) is 16.3. The summed E-state index contributed by atoms with van der Waals surface area (Å²) in [6.45, 7) is 4.86. The number of guanidine groups is 1. The van der Waals surface area contributed by atoms with Crippen molar-refractivity contribution in [3.8, 4) is 0 Å². The van der Waals surface area contributed by atoms with Crippen molar-refractivity contribution in [2.75, 3.05) is 13.6 Å². The molecule has 2 unspecified atom stereocenters. The van der Waals surface area contributed by atoms with E-state index in [0.717, 1.165) is 11.6 Å². The van der Waals surface area contributed by atoms with Gasteiger partial charge in [-0.15, -0.1) is 24.0 Å². The van der Waals surface area contributed by atoms with Gasteiger partial charge in [-0.1, -0.05) is 29.3 Å². The van der Waals surface area contributed by atoms with Crippen LogP contribution in [0.1, 0.15) is 38.3 Å². The molecule has 1 saturated carbocycles. The summed E-state index contributed by atoms with van der Waals surface area (Å²) in [5.74, 6) is 0.439. The van der Waals surface area contributed by atoms with Crippen LogP contribution >= 0.6 is 47.2 Å². The Labute approximate surface area is 165 Å². The third kappa shape index (κ3) is 6.29. The monoisotopic (exact) mass is 470 g/mol. The Bertz CT molecular complexity index is 549. The largest absolute Gasteiger partial charge is 0.370 e. The Morgan fingerprint density at radius 3 is 2.61 bits per heavy atom. The summed E-state index contributed by atoms with van der Waals surface area (Å²) in [5.41, 5.74) is 6.93. The van der Waals surface area contributed by atoms with Crippen molar-refractivity contribution in [1.82, 2.24) is 10.2 Å². The van der Waals surface area contributed by atoms with Gasteiger partial charge in [-0.25, -0.2) is 0 Å². The molecule has 0 aromatic heterocycles.